The number of aliphatic hydroxyl groups is 1. The van der Waals surface area contributed by atoms with E-state index in [1.165, 1.54) is 24.0 Å². The van der Waals surface area contributed by atoms with Crippen LogP contribution in [0, 0.1) is 5.92 Å². The number of rotatable bonds is 7. The van der Waals surface area contributed by atoms with Crippen LogP contribution in [0.4, 0.5) is 0 Å². The van der Waals surface area contributed by atoms with E-state index in [1.807, 2.05) is 12.1 Å². The van der Waals surface area contributed by atoms with Crippen LogP contribution in [-0.2, 0) is 12.8 Å². The Morgan fingerprint density at radius 1 is 0.920 bits per heavy atom. The highest BCUT2D eigenvalue weighted by atomic mass is 16.3. The van der Waals surface area contributed by atoms with Gasteiger partial charge in [-0.2, -0.15) is 0 Å². The van der Waals surface area contributed by atoms with Crippen molar-refractivity contribution in [1.82, 2.24) is 4.90 Å². The Labute approximate surface area is 150 Å². The minimum absolute atomic E-state index is 0.260. The molecule has 0 spiro atoms. The Balaban J connectivity index is 1.65. The van der Waals surface area contributed by atoms with Gasteiger partial charge in [-0.1, -0.05) is 42.5 Å². The molecular formula is C22H29NO2. The molecule has 3 heteroatoms. The summed E-state index contributed by atoms with van der Waals surface area (Å²) in [6.07, 6.45) is 5.43. The average molecular weight is 339 g/mol. The number of phenolic OH excluding ortho intramolecular Hbond substituents is 1. The van der Waals surface area contributed by atoms with Crippen molar-refractivity contribution in [3.63, 3.8) is 0 Å². The summed E-state index contributed by atoms with van der Waals surface area (Å²) < 4.78 is 0. The molecule has 0 aliphatic carbocycles. The standard InChI is InChI=1S/C22H29NO2/c24-14-4-12-23-13-11-20(15-18-5-2-1-3-6-18)17-21(23)16-19-7-9-22(25)10-8-19/h1-3,5-10,20-21,24-25H,4,11-17H2/t20-,21+/m0/s1. The molecule has 2 atom stereocenters. The third-order valence-electron chi connectivity index (χ3n) is 5.32. The van der Waals surface area contributed by atoms with Gasteiger partial charge in [0.25, 0.3) is 0 Å². The number of piperidine rings is 1. The second kappa shape index (κ2) is 9.02. The van der Waals surface area contributed by atoms with Crippen LogP contribution in [0.2, 0.25) is 0 Å². The van der Waals surface area contributed by atoms with Crippen molar-refractivity contribution in [2.45, 2.75) is 38.1 Å². The van der Waals surface area contributed by atoms with Crippen LogP contribution in [0.1, 0.15) is 30.4 Å². The lowest BCUT2D eigenvalue weighted by atomic mass is 9.83. The van der Waals surface area contributed by atoms with Gasteiger partial charge in [0.15, 0.2) is 0 Å². The van der Waals surface area contributed by atoms with Crippen LogP contribution in [-0.4, -0.2) is 40.9 Å². The first-order valence-corrected chi connectivity index (χ1v) is 9.41. The summed E-state index contributed by atoms with van der Waals surface area (Å²) in [5.41, 5.74) is 2.71. The second-order valence-corrected chi connectivity index (χ2v) is 7.22. The van der Waals surface area contributed by atoms with Gasteiger partial charge in [0.2, 0.25) is 0 Å². The summed E-state index contributed by atoms with van der Waals surface area (Å²) in [6.45, 7) is 2.34. The summed E-state index contributed by atoms with van der Waals surface area (Å²) in [5, 5.41) is 18.7. The molecule has 134 valence electrons. The zero-order valence-electron chi connectivity index (χ0n) is 14.8. The molecule has 0 radical (unpaired) electrons. The SMILES string of the molecule is OCCCN1CC[C@@H](Cc2ccccc2)C[C@H]1Cc1ccc(O)cc1. The molecular weight excluding hydrogens is 310 g/mol. The number of hydrogen-bond acceptors (Lipinski definition) is 3. The molecule has 2 aromatic rings. The Morgan fingerprint density at radius 3 is 2.36 bits per heavy atom. The zero-order chi connectivity index (χ0) is 17.5. The number of aromatic hydroxyl groups is 1. The van der Waals surface area contributed by atoms with Gasteiger partial charge in [-0.05, 0) is 67.8 Å². The predicted molar refractivity (Wildman–Crippen MR) is 102 cm³/mol. The fraction of sp³-hybridized carbons (Fsp3) is 0.455. The maximum atomic E-state index is 9.50. The van der Waals surface area contributed by atoms with Crippen LogP contribution >= 0.6 is 0 Å². The Bertz CT molecular complexity index is 626. The van der Waals surface area contributed by atoms with E-state index in [1.54, 1.807) is 12.1 Å². The van der Waals surface area contributed by atoms with Crippen LogP contribution in [0.5, 0.6) is 5.75 Å². The van der Waals surface area contributed by atoms with Crippen molar-refractivity contribution < 1.29 is 10.2 Å². The van der Waals surface area contributed by atoms with Gasteiger partial charge in [0.05, 0.1) is 0 Å². The van der Waals surface area contributed by atoms with Crippen LogP contribution in [0.25, 0.3) is 0 Å². The van der Waals surface area contributed by atoms with Crippen molar-refractivity contribution in [2.24, 2.45) is 5.92 Å². The average Bonchev–Trinajstić information content (AvgIpc) is 2.64. The number of aliphatic hydroxyl groups excluding tert-OH is 1. The van der Waals surface area contributed by atoms with E-state index in [0.717, 1.165) is 38.3 Å². The fourth-order valence-electron chi connectivity index (χ4n) is 4.00. The number of likely N-dealkylation sites (tertiary alicyclic amines) is 1. The van der Waals surface area contributed by atoms with Crippen LogP contribution in [0.3, 0.4) is 0 Å². The molecule has 0 amide bonds. The van der Waals surface area contributed by atoms with Gasteiger partial charge in [0.1, 0.15) is 5.75 Å². The number of phenols is 1. The molecule has 0 unspecified atom stereocenters. The summed E-state index contributed by atoms with van der Waals surface area (Å²) in [7, 11) is 0. The van der Waals surface area contributed by atoms with Crippen molar-refractivity contribution in [1.29, 1.82) is 0 Å². The van der Waals surface area contributed by atoms with Gasteiger partial charge < -0.3 is 10.2 Å². The van der Waals surface area contributed by atoms with Crippen molar-refractivity contribution >= 4 is 0 Å². The molecule has 2 aromatic carbocycles. The zero-order valence-corrected chi connectivity index (χ0v) is 14.8. The molecule has 1 fully saturated rings. The van der Waals surface area contributed by atoms with Crippen molar-refractivity contribution in [3.8, 4) is 5.75 Å². The van der Waals surface area contributed by atoms with Crippen molar-refractivity contribution in [2.75, 3.05) is 19.7 Å². The van der Waals surface area contributed by atoms with Gasteiger partial charge in [0, 0.05) is 19.2 Å². The maximum Gasteiger partial charge on any atom is 0.115 e. The number of benzene rings is 2. The normalized spacial score (nSPS) is 21.3. The van der Waals surface area contributed by atoms with Gasteiger partial charge in [-0.15, -0.1) is 0 Å². The van der Waals surface area contributed by atoms with Crippen LogP contribution in [0.15, 0.2) is 54.6 Å². The van der Waals surface area contributed by atoms with Crippen molar-refractivity contribution in [3.05, 3.63) is 65.7 Å². The van der Waals surface area contributed by atoms with Gasteiger partial charge >= 0.3 is 0 Å². The molecule has 1 heterocycles. The highest BCUT2D eigenvalue weighted by molar-refractivity contribution is 5.26. The Morgan fingerprint density at radius 2 is 1.64 bits per heavy atom. The number of hydrogen-bond donors (Lipinski definition) is 2. The van der Waals surface area contributed by atoms with E-state index in [4.69, 9.17) is 0 Å². The van der Waals surface area contributed by atoms with E-state index in [2.05, 4.69) is 35.2 Å². The lowest BCUT2D eigenvalue weighted by Gasteiger charge is -2.40. The summed E-state index contributed by atoms with van der Waals surface area (Å²) in [6, 6.07) is 18.9. The minimum Gasteiger partial charge on any atom is -0.508 e. The topological polar surface area (TPSA) is 43.7 Å². The van der Waals surface area contributed by atoms with E-state index in [9.17, 15) is 10.2 Å². The molecule has 0 bridgehead atoms. The Kier molecular flexibility index (Phi) is 6.48. The molecule has 3 nitrogen and oxygen atoms in total. The molecule has 0 aromatic heterocycles. The highest BCUT2D eigenvalue weighted by Gasteiger charge is 2.28. The summed E-state index contributed by atoms with van der Waals surface area (Å²) in [5.74, 6) is 1.04. The molecule has 25 heavy (non-hydrogen) atoms. The molecule has 1 aliphatic rings. The van der Waals surface area contributed by atoms with E-state index < -0.39 is 0 Å². The van der Waals surface area contributed by atoms with Gasteiger partial charge in [-0.25, -0.2) is 0 Å². The molecule has 2 N–H and O–H groups in total. The maximum absolute atomic E-state index is 9.50. The first-order valence-electron chi connectivity index (χ1n) is 9.41. The van der Waals surface area contributed by atoms with E-state index in [-0.39, 0.29) is 6.61 Å². The first kappa shape index (κ1) is 18.0. The molecule has 3 rings (SSSR count). The summed E-state index contributed by atoms with van der Waals surface area (Å²) >= 11 is 0. The van der Waals surface area contributed by atoms with E-state index in [0.29, 0.717) is 11.8 Å². The summed E-state index contributed by atoms with van der Waals surface area (Å²) in [4.78, 5) is 2.55. The smallest absolute Gasteiger partial charge is 0.115 e. The Hall–Kier alpha value is -1.84. The number of nitrogens with zero attached hydrogens (tertiary/aromatic N) is 1. The molecule has 0 saturated carbocycles. The van der Waals surface area contributed by atoms with Crippen LogP contribution < -0.4 is 0 Å². The molecule has 1 saturated heterocycles. The lowest BCUT2D eigenvalue weighted by molar-refractivity contribution is 0.102. The quantitative estimate of drug-likeness (QED) is 0.809. The first-order chi connectivity index (χ1) is 12.2. The minimum atomic E-state index is 0.260. The predicted octanol–water partition coefficient (Wildman–Crippen LogP) is 3.64. The largest absolute Gasteiger partial charge is 0.508 e. The molecule has 1 aliphatic heterocycles. The third-order valence-corrected chi connectivity index (χ3v) is 5.32. The van der Waals surface area contributed by atoms with E-state index >= 15 is 0 Å². The highest BCUT2D eigenvalue weighted by Crippen LogP contribution is 2.28. The second-order valence-electron chi connectivity index (χ2n) is 7.22. The van der Waals surface area contributed by atoms with Gasteiger partial charge in [-0.3, -0.25) is 4.90 Å². The fourth-order valence-corrected chi connectivity index (χ4v) is 4.00. The third kappa shape index (κ3) is 5.32. The lowest BCUT2D eigenvalue weighted by Crippen LogP contribution is -2.44. The monoisotopic (exact) mass is 339 g/mol.